The van der Waals surface area contributed by atoms with Crippen LogP contribution in [-0.2, 0) is 71.3 Å². The molecule has 19 nitrogen and oxygen atoms in total. The van der Waals surface area contributed by atoms with Gasteiger partial charge in [0.15, 0.2) is 0 Å². The molecule has 1 atom stereocenters. The summed E-state index contributed by atoms with van der Waals surface area (Å²) in [7, 11) is 19.5. The number of hydrogen-bond acceptors (Lipinski definition) is 15. The van der Waals surface area contributed by atoms with Crippen molar-refractivity contribution < 1.29 is 71.3 Å². The van der Waals surface area contributed by atoms with Gasteiger partial charge in [0, 0.05) is 151 Å². The minimum absolute atomic E-state index is 0.00694. The Morgan fingerprint density at radius 1 is 0.531 bits per heavy atom. The van der Waals surface area contributed by atoms with E-state index in [-0.39, 0.29) is 50.1 Å². The predicted molar refractivity (Wildman–Crippen MR) is 251 cm³/mol. The maximum absolute atomic E-state index is 11.2. The Balaban J connectivity index is -0.000000211. The molecule has 3 fully saturated rings. The van der Waals surface area contributed by atoms with Crippen LogP contribution in [0.25, 0.3) is 0 Å². The molecule has 19 heteroatoms. The van der Waals surface area contributed by atoms with Crippen LogP contribution >= 0.6 is 0 Å². The van der Waals surface area contributed by atoms with E-state index in [0.29, 0.717) is 19.3 Å². The number of methoxy groups -OCH3 is 9. The summed E-state index contributed by atoms with van der Waals surface area (Å²) < 4.78 is 52.4. The first-order valence-electron chi connectivity index (χ1n) is 22.3. The van der Waals surface area contributed by atoms with Gasteiger partial charge in [-0.15, -0.1) is 0 Å². The lowest BCUT2D eigenvalue weighted by molar-refractivity contribution is -0.136. The zero-order valence-corrected chi connectivity index (χ0v) is 43.2. The monoisotopic (exact) mass is 933 g/mol. The van der Waals surface area contributed by atoms with Gasteiger partial charge in [0.05, 0.1) is 25.9 Å². The van der Waals surface area contributed by atoms with Crippen molar-refractivity contribution in [3.63, 3.8) is 0 Å². The van der Waals surface area contributed by atoms with Gasteiger partial charge in [-0.05, 0) is 72.1 Å². The van der Waals surface area contributed by atoms with Gasteiger partial charge in [-0.1, -0.05) is 0 Å². The van der Waals surface area contributed by atoms with E-state index in [4.69, 9.17) is 42.6 Å². The van der Waals surface area contributed by atoms with Gasteiger partial charge in [0.25, 0.3) is 0 Å². The van der Waals surface area contributed by atoms with E-state index in [1.165, 1.54) is 38.4 Å². The summed E-state index contributed by atoms with van der Waals surface area (Å²) in [6.45, 7) is 17.4. The molecule has 3 aliphatic rings. The van der Waals surface area contributed by atoms with Gasteiger partial charge in [-0.3, -0.25) is 19.2 Å². The average molecular weight is 933 g/mol. The zero-order chi connectivity index (χ0) is 49.7. The molecule has 3 aliphatic heterocycles. The third-order valence-electron chi connectivity index (χ3n) is 8.56. The lowest BCUT2D eigenvalue weighted by atomic mass is 10.1. The lowest BCUT2D eigenvalue weighted by Crippen LogP contribution is -2.37. The Kier molecular flexibility index (Phi) is 64.4. The van der Waals surface area contributed by atoms with Gasteiger partial charge in [0.1, 0.15) is 26.4 Å². The molecule has 0 aliphatic carbocycles. The molecular formula is C45H96N4O15. The maximum Gasteiger partial charge on any atom is 0.248 e. The third kappa shape index (κ3) is 52.1. The molecule has 0 bridgehead atoms. The number of amides is 4. The molecule has 3 heterocycles. The molecular weight excluding hydrogens is 837 g/mol. The van der Waals surface area contributed by atoms with Crippen molar-refractivity contribution in [2.45, 2.75) is 78.2 Å². The minimum atomic E-state index is -0.00694. The summed E-state index contributed by atoms with van der Waals surface area (Å²) in [4.78, 5) is 50.8. The molecule has 0 N–H and O–H groups in total. The first kappa shape index (κ1) is 70.5. The fourth-order valence-electron chi connectivity index (χ4n) is 5.18. The largest absolute Gasteiger partial charge is 0.388 e. The summed E-state index contributed by atoms with van der Waals surface area (Å²) in [5, 5.41) is 0. The van der Waals surface area contributed by atoms with Gasteiger partial charge in [0.2, 0.25) is 23.6 Å². The van der Waals surface area contributed by atoms with Crippen molar-refractivity contribution in [3.05, 3.63) is 0 Å². The Labute approximate surface area is 389 Å². The van der Waals surface area contributed by atoms with Gasteiger partial charge in [-0.25, -0.2) is 0 Å². The van der Waals surface area contributed by atoms with Crippen molar-refractivity contribution >= 4 is 23.6 Å². The van der Waals surface area contributed by atoms with Gasteiger partial charge >= 0.3 is 0 Å². The highest BCUT2D eigenvalue weighted by Crippen LogP contribution is 2.11. The summed E-state index contributed by atoms with van der Waals surface area (Å²) >= 11 is 0. The van der Waals surface area contributed by atoms with Crippen LogP contribution in [0.5, 0.6) is 0 Å². The second-order valence-electron chi connectivity index (χ2n) is 14.1. The number of rotatable bonds is 20. The Morgan fingerprint density at radius 2 is 0.953 bits per heavy atom. The highest BCUT2D eigenvalue weighted by molar-refractivity contribution is 5.78. The SMILES string of the molecule is CCN(CC)C(=O)COC.CCOCCOC.COC.COCC(=O)N(C)C.COCC(=O)N1CCCC1.COCC(=O)N1CCCCC1.COCC1CCCO1.COCCCOC. The summed E-state index contributed by atoms with van der Waals surface area (Å²) in [6.07, 6.45) is 9.61. The number of piperidine rings is 1. The number of ether oxygens (including phenoxy) is 11. The second kappa shape index (κ2) is 58.5. The quantitative estimate of drug-likeness (QED) is 0.162. The second-order valence-corrected chi connectivity index (χ2v) is 14.1. The predicted octanol–water partition coefficient (Wildman–Crippen LogP) is 3.54. The first-order chi connectivity index (χ1) is 30.8. The lowest BCUT2D eigenvalue weighted by Gasteiger charge is -2.26. The molecule has 64 heavy (non-hydrogen) atoms. The molecule has 1 unspecified atom stereocenters. The van der Waals surface area contributed by atoms with Gasteiger partial charge < -0.3 is 71.7 Å². The molecule has 4 amide bonds. The van der Waals surface area contributed by atoms with Crippen molar-refractivity contribution in [1.29, 1.82) is 0 Å². The van der Waals surface area contributed by atoms with Crippen molar-refractivity contribution in [2.75, 3.05) is 197 Å². The number of carbonyl (C=O) groups excluding carboxylic acids is 4. The van der Waals surface area contributed by atoms with Crippen LogP contribution in [0.2, 0.25) is 0 Å². The molecule has 0 aromatic rings. The minimum Gasteiger partial charge on any atom is -0.388 e. The highest BCUT2D eigenvalue weighted by atomic mass is 16.5. The molecule has 0 spiro atoms. The normalized spacial score (nSPS) is 14.5. The van der Waals surface area contributed by atoms with E-state index in [1.54, 1.807) is 75.9 Å². The van der Waals surface area contributed by atoms with Crippen molar-refractivity contribution in [3.8, 4) is 0 Å². The number of nitrogens with zero attached hydrogens (tertiary/aromatic N) is 4. The van der Waals surface area contributed by atoms with Crippen molar-refractivity contribution in [1.82, 2.24) is 19.6 Å². The summed E-state index contributed by atoms with van der Waals surface area (Å²) in [5.74, 6) is 0.312. The van der Waals surface area contributed by atoms with Gasteiger partial charge in [-0.2, -0.15) is 0 Å². The van der Waals surface area contributed by atoms with E-state index in [1.807, 2.05) is 30.6 Å². The summed E-state index contributed by atoms with van der Waals surface area (Å²) in [5.41, 5.74) is 0. The van der Waals surface area contributed by atoms with Crippen LogP contribution in [0, 0.1) is 0 Å². The number of hydrogen-bond donors (Lipinski definition) is 0. The number of carbonyl (C=O) groups is 4. The van der Waals surface area contributed by atoms with Crippen LogP contribution in [0.15, 0.2) is 0 Å². The molecule has 0 saturated carbocycles. The number of likely N-dealkylation sites (N-methyl/N-ethyl adjacent to an activating group) is 2. The standard InChI is InChI=1S/C8H15NO2.C7H13NO2.C7H15NO2.C6H12O2.C5H11NO2.2C5H12O2.C2H6O/c1-11-7-8(10)9-5-3-2-4-6-9;1-10-6-7(9)8-4-2-3-5-8;1-4-8(5-2)7(9)6-10-3;1-7-5-6-3-2-4-8-6;1-6(2)5(7)4-8-3;1-6-4-3-5-7-2;1-3-7-5-4-6-2;1-3-2/h2-7H2,1H3;2-6H2,1H3;4-6H2,1-3H3;6H,2-5H2,1H3;4H2,1-3H3;2*3-5H2,1-2H3;1-2H3. The zero-order valence-electron chi connectivity index (χ0n) is 43.2. The van der Waals surface area contributed by atoms with Crippen LogP contribution in [0.4, 0.5) is 0 Å². The first-order valence-corrected chi connectivity index (χ1v) is 22.3. The molecule has 0 aromatic carbocycles. The van der Waals surface area contributed by atoms with E-state index in [0.717, 1.165) is 104 Å². The Bertz CT molecular complexity index is 931. The smallest absolute Gasteiger partial charge is 0.248 e. The third-order valence-corrected chi connectivity index (χ3v) is 8.56. The fraction of sp³-hybridized carbons (Fsp3) is 0.911. The van der Waals surface area contributed by atoms with Crippen LogP contribution in [-0.4, -0.2) is 246 Å². The highest BCUT2D eigenvalue weighted by Gasteiger charge is 2.17. The fourth-order valence-corrected chi connectivity index (χ4v) is 5.18. The van der Waals surface area contributed by atoms with E-state index in [2.05, 4.69) is 9.47 Å². The van der Waals surface area contributed by atoms with E-state index >= 15 is 0 Å². The molecule has 0 aromatic heterocycles. The Hall–Kier alpha value is -2.56. The number of likely N-dealkylation sites (tertiary alicyclic amines) is 2. The van der Waals surface area contributed by atoms with Crippen LogP contribution in [0.3, 0.4) is 0 Å². The van der Waals surface area contributed by atoms with Crippen LogP contribution < -0.4 is 0 Å². The van der Waals surface area contributed by atoms with Crippen LogP contribution in [0.1, 0.15) is 72.1 Å². The Morgan fingerprint density at radius 3 is 1.27 bits per heavy atom. The molecule has 3 rings (SSSR count). The molecule has 386 valence electrons. The molecule has 3 saturated heterocycles. The van der Waals surface area contributed by atoms with Crippen molar-refractivity contribution in [2.24, 2.45) is 0 Å². The van der Waals surface area contributed by atoms with E-state index in [9.17, 15) is 19.2 Å². The van der Waals surface area contributed by atoms with E-state index < -0.39 is 0 Å². The molecule has 0 radical (unpaired) electrons. The maximum atomic E-state index is 11.2. The average Bonchev–Trinajstić information content (AvgIpc) is 4.03. The topological polar surface area (TPSA) is 183 Å². The summed E-state index contributed by atoms with van der Waals surface area (Å²) in [6, 6.07) is 0.